The molecule has 8 heteroatoms. The maximum absolute atomic E-state index is 14.0. The molecule has 0 atom stereocenters. The van der Waals surface area contributed by atoms with Crippen molar-refractivity contribution in [2.45, 2.75) is 40.3 Å². The number of carboxylic acid groups (broad SMARTS) is 1. The number of aromatic nitrogens is 1. The van der Waals surface area contributed by atoms with Gasteiger partial charge in [0.2, 0.25) is 6.41 Å². The van der Waals surface area contributed by atoms with Crippen molar-refractivity contribution < 1.29 is 27.9 Å². The van der Waals surface area contributed by atoms with Crippen LogP contribution in [0.25, 0.3) is 10.9 Å². The van der Waals surface area contributed by atoms with E-state index in [-0.39, 0.29) is 24.4 Å². The average molecular weight is 473 g/mol. The highest BCUT2D eigenvalue weighted by atomic mass is 19.1. The van der Waals surface area contributed by atoms with Crippen LogP contribution in [-0.2, 0) is 29.1 Å². The van der Waals surface area contributed by atoms with Gasteiger partial charge in [-0.15, -0.1) is 0 Å². The van der Waals surface area contributed by atoms with Gasteiger partial charge in [-0.25, -0.2) is 13.2 Å². The highest BCUT2D eigenvalue weighted by Gasteiger charge is 2.15. The van der Waals surface area contributed by atoms with Gasteiger partial charge in [0.1, 0.15) is 17.5 Å². The van der Waals surface area contributed by atoms with E-state index >= 15 is 0 Å². The van der Waals surface area contributed by atoms with Crippen LogP contribution >= 0.6 is 0 Å². The van der Waals surface area contributed by atoms with Crippen molar-refractivity contribution >= 4 is 23.8 Å². The number of halogens is 3. The molecule has 0 saturated carbocycles. The number of hydrogen-bond donors (Lipinski definition) is 1. The Labute approximate surface area is 196 Å². The quantitative estimate of drug-likeness (QED) is 0.336. The van der Waals surface area contributed by atoms with E-state index < -0.39 is 11.6 Å². The summed E-state index contributed by atoms with van der Waals surface area (Å²) < 4.78 is 43.3. The molecule has 1 heterocycles. The molecule has 2 aromatic carbocycles. The first-order valence-corrected chi connectivity index (χ1v) is 10.6. The molecular formula is C26H27F3N2O3. The first kappa shape index (κ1) is 26.4. The molecule has 180 valence electrons. The van der Waals surface area contributed by atoms with E-state index in [2.05, 4.69) is 4.57 Å². The van der Waals surface area contributed by atoms with Gasteiger partial charge in [0.05, 0.1) is 6.54 Å². The Balaban J connectivity index is 0.00000129. The second-order valence-electron chi connectivity index (χ2n) is 7.47. The molecule has 1 N–H and O–H groups in total. The molecule has 0 radical (unpaired) electrons. The Morgan fingerprint density at radius 1 is 1.09 bits per heavy atom. The summed E-state index contributed by atoms with van der Waals surface area (Å²) in [6, 6.07) is 8.04. The molecule has 0 unspecified atom stereocenters. The van der Waals surface area contributed by atoms with Crippen LogP contribution in [0.3, 0.4) is 0 Å². The van der Waals surface area contributed by atoms with Crippen molar-refractivity contribution in [3.63, 3.8) is 0 Å². The maximum atomic E-state index is 14.0. The van der Waals surface area contributed by atoms with Crippen LogP contribution in [0, 0.1) is 24.4 Å². The zero-order chi connectivity index (χ0) is 25.3. The standard InChI is InChI=1S/C25H25F3N2O.CH2O2/c1-4-6-18(14-29(16-31)15-19-7-8-21(27)13-24(19)28)11-22-17(3)30(5-2)25-10-9-20(26)12-23(22)25;2-1-3/h4,6-10,12-14,16H,5,11,15H2,1-3H3;1H,(H,2,3)/b6-4-,18-14+;. The number of hydrogen-bond acceptors (Lipinski definition) is 2. The van der Waals surface area contributed by atoms with Crippen LogP contribution in [0.15, 0.2) is 60.3 Å². The van der Waals surface area contributed by atoms with Crippen LogP contribution in [0.5, 0.6) is 0 Å². The van der Waals surface area contributed by atoms with Crippen LogP contribution in [0.4, 0.5) is 13.2 Å². The van der Waals surface area contributed by atoms with Crippen LogP contribution < -0.4 is 0 Å². The second-order valence-corrected chi connectivity index (χ2v) is 7.47. The van der Waals surface area contributed by atoms with E-state index in [9.17, 15) is 18.0 Å². The summed E-state index contributed by atoms with van der Waals surface area (Å²) in [6.45, 7) is 6.37. The molecule has 3 aromatic rings. The molecule has 0 aliphatic carbocycles. The van der Waals surface area contributed by atoms with E-state index in [0.717, 1.165) is 46.4 Å². The van der Waals surface area contributed by atoms with Gasteiger partial charge in [0, 0.05) is 47.4 Å². The molecule has 5 nitrogen and oxygen atoms in total. The summed E-state index contributed by atoms with van der Waals surface area (Å²) in [7, 11) is 0. The molecule has 0 aliphatic heterocycles. The van der Waals surface area contributed by atoms with Crippen LogP contribution in [0.1, 0.15) is 30.7 Å². The number of nitrogens with zero attached hydrogens (tertiary/aromatic N) is 2. The lowest BCUT2D eigenvalue weighted by atomic mass is 10.0. The third-order valence-electron chi connectivity index (χ3n) is 5.33. The summed E-state index contributed by atoms with van der Waals surface area (Å²) in [5, 5.41) is 7.72. The first-order chi connectivity index (χ1) is 16.3. The zero-order valence-corrected chi connectivity index (χ0v) is 19.3. The average Bonchev–Trinajstić information content (AvgIpc) is 3.05. The zero-order valence-electron chi connectivity index (χ0n) is 19.3. The van der Waals surface area contributed by atoms with Gasteiger partial charge in [0.15, 0.2) is 0 Å². The van der Waals surface area contributed by atoms with Gasteiger partial charge >= 0.3 is 0 Å². The third-order valence-corrected chi connectivity index (χ3v) is 5.33. The van der Waals surface area contributed by atoms with Crippen molar-refractivity contribution in [3.8, 4) is 0 Å². The normalized spacial score (nSPS) is 11.4. The topological polar surface area (TPSA) is 62.5 Å². The molecule has 0 aliphatic rings. The van der Waals surface area contributed by atoms with Gasteiger partial charge in [-0.3, -0.25) is 9.59 Å². The lowest BCUT2D eigenvalue weighted by Crippen LogP contribution is -2.16. The minimum absolute atomic E-state index is 0.0268. The molecule has 0 fully saturated rings. The summed E-state index contributed by atoms with van der Waals surface area (Å²) >= 11 is 0. The number of rotatable bonds is 8. The summed E-state index contributed by atoms with van der Waals surface area (Å²) in [6.07, 6.45) is 6.44. The lowest BCUT2D eigenvalue weighted by Gasteiger charge is -2.15. The number of benzene rings is 2. The fraction of sp³-hybridized carbons (Fsp3) is 0.231. The van der Waals surface area contributed by atoms with Gasteiger partial charge in [-0.05, 0) is 56.2 Å². The number of fused-ring (bicyclic) bond motifs is 1. The van der Waals surface area contributed by atoms with E-state index in [1.165, 1.54) is 23.1 Å². The van der Waals surface area contributed by atoms with Gasteiger partial charge < -0.3 is 14.6 Å². The van der Waals surface area contributed by atoms with Crippen molar-refractivity contribution in [2.75, 3.05) is 0 Å². The van der Waals surface area contributed by atoms with Crippen molar-refractivity contribution in [1.29, 1.82) is 0 Å². The monoisotopic (exact) mass is 472 g/mol. The number of allylic oxidation sites excluding steroid dienone is 3. The Morgan fingerprint density at radius 3 is 2.32 bits per heavy atom. The summed E-state index contributed by atoms with van der Waals surface area (Å²) in [5.74, 6) is -1.68. The van der Waals surface area contributed by atoms with Gasteiger partial charge in [-0.2, -0.15) is 0 Å². The number of aryl methyl sites for hydroxylation is 1. The molecule has 0 saturated heterocycles. The SMILES string of the molecule is C/C=C\C(=C/N(C=O)Cc1ccc(F)cc1F)Cc1c(C)n(CC)c2ccc(F)cc12.O=CO. The van der Waals surface area contributed by atoms with Crippen LogP contribution in [0.2, 0.25) is 0 Å². The fourth-order valence-electron chi connectivity index (χ4n) is 3.89. The van der Waals surface area contributed by atoms with Crippen LogP contribution in [-0.4, -0.2) is 27.5 Å². The predicted octanol–water partition coefficient (Wildman–Crippen LogP) is 5.75. The third kappa shape index (κ3) is 6.37. The van der Waals surface area contributed by atoms with Crippen molar-refractivity contribution in [3.05, 3.63) is 94.6 Å². The Bertz CT molecular complexity index is 1220. The van der Waals surface area contributed by atoms with E-state index in [1.807, 2.05) is 32.9 Å². The lowest BCUT2D eigenvalue weighted by molar-refractivity contribution is -0.123. The fourth-order valence-corrected chi connectivity index (χ4v) is 3.89. The highest BCUT2D eigenvalue weighted by Crippen LogP contribution is 2.29. The Hall–Kier alpha value is -3.81. The minimum Gasteiger partial charge on any atom is -0.483 e. The first-order valence-electron chi connectivity index (χ1n) is 10.6. The smallest absolute Gasteiger partial charge is 0.290 e. The Morgan fingerprint density at radius 2 is 1.74 bits per heavy atom. The number of carbonyl (C=O) groups is 2. The molecule has 0 bridgehead atoms. The molecule has 1 aromatic heterocycles. The number of amides is 1. The molecule has 34 heavy (non-hydrogen) atoms. The van der Waals surface area contributed by atoms with E-state index in [0.29, 0.717) is 12.8 Å². The molecule has 0 spiro atoms. The van der Waals surface area contributed by atoms with E-state index in [4.69, 9.17) is 9.90 Å². The van der Waals surface area contributed by atoms with E-state index in [1.54, 1.807) is 12.3 Å². The summed E-state index contributed by atoms with van der Waals surface area (Å²) in [5.41, 5.74) is 3.97. The summed E-state index contributed by atoms with van der Waals surface area (Å²) in [4.78, 5) is 21.3. The van der Waals surface area contributed by atoms with Gasteiger partial charge in [-0.1, -0.05) is 18.2 Å². The molecule has 1 amide bonds. The largest absolute Gasteiger partial charge is 0.483 e. The molecule has 3 rings (SSSR count). The maximum Gasteiger partial charge on any atom is 0.290 e. The van der Waals surface area contributed by atoms with Crippen molar-refractivity contribution in [1.82, 2.24) is 9.47 Å². The second kappa shape index (κ2) is 12.4. The minimum atomic E-state index is -0.704. The predicted molar refractivity (Wildman–Crippen MR) is 126 cm³/mol. The van der Waals surface area contributed by atoms with Gasteiger partial charge in [0.25, 0.3) is 6.47 Å². The highest BCUT2D eigenvalue weighted by molar-refractivity contribution is 5.86. The molecular weight excluding hydrogens is 445 g/mol. The number of carbonyl (C=O) groups excluding carboxylic acids is 1. The van der Waals surface area contributed by atoms with Crippen molar-refractivity contribution in [2.24, 2.45) is 0 Å². The Kier molecular flexibility index (Phi) is 9.67.